The van der Waals surface area contributed by atoms with Crippen LogP contribution in [0.1, 0.15) is 30.1 Å². The number of hydrogen-bond donors (Lipinski definition) is 1. The van der Waals surface area contributed by atoms with Gasteiger partial charge in [0.25, 0.3) is 0 Å². The molecule has 2 aliphatic heterocycles. The number of fused-ring (bicyclic) bond motifs is 1. The maximum atomic E-state index is 4.59. The lowest BCUT2D eigenvalue weighted by molar-refractivity contribution is 0.407. The molecule has 82 valence electrons. The van der Waals surface area contributed by atoms with Crippen molar-refractivity contribution in [2.45, 2.75) is 31.8 Å². The zero-order valence-electron chi connectivity index (χ0n) is 8.91. The minimum absolute atomic E-state index is 0.674. The number of thioether (sulfide) groups is 1. The van der Waals surface area contributed by atoms with E-state index in [1.807, 2.05) is 0 Å². The Hall–Kier alpha value is -0.480. The van der Waals surface area contributed by atoms with Crippen molar-refractivity contribution < 1.29 is 0 Å². The van der Waals surface area contributed by atoms with Gasteiger partial charge in [0.05, 0.1) is 12.2 Å². The largest absolute Gasteiger partial charge is 0.312 e. The highest BCUT2D eigenvalue weighted by molar-refractivity contribution is 7.99. The van der Waals surface area contributed by atoms with Gasteiger partial charge in [0.15, 0.2) is 0 Å². The predicted molar refractivity (Wildman–Crippen MR) is 63.2 cm³/mol. The summed E-state index contributed by atoms with van der Waals surface area (Å²) in [5.41, 5.74) is 2.91. The first-order valence-electron chi connectivity index (χ1n) is 5.79. The van der Waals surface area contributed by atoms with Crippen LogP contribution in [0.4, 0.5) is 0 Å². The quantitative estimate of drug-likeness (QED) is 0.784. The molecule has 1 saturated heterocycles. The van der Waals surface area contributed by atoms with Crippen LogP contribution in [0.3, 0.4) is 0 Å². The Balaban J connectivity index is 1.87. The molecule has 0 spiro atoms. The van der Waals surface area contributed by atoms with Crippen molar-refractivity contribution in [1.29, 1.82) is 0 Å². The smallest absolute Gasteiger partial charge is 0.0538 e. The Morgan fingerprint density at radius 2 is 2.27 bits per heavy atom. The summed E-state index contributed by atoms with van der Waals surface area (Å²) in [5.74, 6) is 2.61. The van der Waals surface area contributed by atoms with Gasteiger partial charge in [0.2, 0.25) is 0 Å². The minimum atomic E-state index is 0.674. The Labute approximate surface area is 94.6 Å². The molecule has 3 nitrogen and oxygen atoms in total. The summed E-state index contributed by atoms with van der Waals surface area (Å²) in [6.45, 7) is 2.12. The van der Waals surface area contributed by atoms with Crippen LogP contribution in [0.15, 0.2) is 6.20 Å². The van der Waals surface area contributed by atoms with Gasteiger partial charge in [0.1, 0.15) is 0 Å². The number of hydrogen-bond acceptors (Lipinski definition) is 3. The molecule has 0 amide bonds. The average Bonchev–Trinajstić information content (AvgIpc) is 2.74. The lowest BCUT2D eigenvalue weighted by atomic mass is 10.1. The van der Waals surface area contributed by atoms with E-state index in [4.69, 9.17) is 0 Å². The van der Waals surface area contributed by atoms with Gasteiger partial charge in [-0.15, -0.1) is 0 Å². The van der Waals surface area contributed by atoms with Gasteiger partial charge in [-0.1, -0.05) is 0 Å². The molecule has 3 rings (SSSR count). The summed E-state index contributed by atoms with van der Waals surface area (Å²) in [4.78, 5) is 0. The van der Waals surface area contributed by atoms with Crippen molar-refractivity contribution in [1.82, 2.24) is 15.1 Å². The normalized spacial score (nSPS) is 22.7. The summed E-state index contributed by atoms with van der Waals surface area (Å²) in [6, 6.07) is 0.674. The SMILES string of the molecule is c1nn(C2CCSCC2)c2c1CNCC2. The van der Waals surface area contributed by atoms with E-state index in [-0.39, 0.29) is 0 Å². The first kappa shape index (κ1) is 9.73. The summed E-state index contributed by atoms with van der Waals surface area (Å²) in [5, 5.41) is 7.99. The van der Waals surface area contributed by atoms with E-state index in [0.717, 1.165) is 19.5 Å². The highest BCUT2D eigenvalue weighted by Gasteiger charge is 2.22. The molecular formula is C11H17N3S. The molecule has 0 atom stereocenters. The standard InChI is InChI=1S/C11H17N3S/c1-4-12-7-9-8-13-14(11(1)9)10-2-5-15-6-3-10/h8,10,12H,1-7H2. The van der Waals surface area contributed by atoms with Crippen molar-refractivity contribution in [2.24, 2.45) is 0 Å². The number of nitrogens with zero attached hydrogens (tertiary/aromatic N) is 2. The zero-order chi connectivity index (χ0) is 10.1. The molecule has 0 aliphatic carbocycles. The fourth-order valence-electron chi connectivity index (χ4n) is 2.52. The highest BCUT2D eigenvalue weighted by Crippen LogP contribution is 2.29. The molecule has 1 aromatic rings. The van der Waals surface area contributed by atoms with Gasteiger partial charge in [-0.05, 0) is 24.3 Å². The Morgan fingerprint density at radius 3 is 3.13 bits per heavy atom. The monoisotopic (exact) mass is 223 g/mol. The first-order chi connectivity index (χ1) is 7.45. The molecule has 3 heterocycles. The van der Waals surface area contributed by atoms with Crippen molar-refractivity contribution in [3.8, 4) is 0 Å². The van der Waals surface area contributed by atoms with Crippen molar-refractivity contribution in [3.63, 3.8) is 0 Å². The Bertz CT molecular complexity index is 342. The van der Waals surface area contributed by atoms with Crippen LogP contribution in [0.2, 0.25) is 0 Å². The third-order valence-electron chi connectivity index (χ3n) is 3.38. The summed E-state index contributed by atoms with van der Waals surface area (Å²) < 4.78 is 2.32. The molecule has 1 aromatic heterocycles. The highest BCUT2D eigenvalue weighted by atomic mass is 32.2. The van der Waals surface area contributed by atoms with Gasteiger partial charge < -0.3 is 5.32 Å². The number of aromatic nitrogens is 2. The maximum absolute atomic E-state index is 4.59. The van der Waals surface area contributed by atoms with Crippen molar-refractivity contribution in [2.75, 3.05) is 18.1 Å². The molecule has 2 aliphatic rings. The molecule has 0 radical (unpaired) electrons. The number of nitrogens with one attached hydrogen (secondary N) is 1. The Kier molecular flexibility index (Phi) is 2.71. The molecule has 0 saturated carbocycles. The van der Waals surface area contributed by atoms with Crippen LogP contribution in [0.25, 0.3) is 0 Å². The molecule has 0 bridgehead atoms. The summed E-state index contributed by atoms with van der Waals surface area (Å²) >= 11 is 2.08. The molecular weight excluding hydrogens is 206 g/mol. The molecule has 1 fully saturated rings. The van der Waals surface area contributed by atoms with Crippen LogP contribution in [-0.4, -0.2) is 27.8 Å². The third-order valence-corrected chi connectivity index (χ3v) is 4.42. The minimum Gasteiger partial charge on any atom is -0.312 e. The lowest BCUT2D eigenvalue weighted by Gasteiger charge is -2.25. The second kappa shape index (κ2) is 4.18. The van der Waals surface area contributed by atoms with Crippen LogP contribution >= 0.6 is 11.8 Å². The lowest BCUT2D eigenvalue weighted by Crippen LogP contribution is -2.26. The van der Waals surface area contributed by atoms with Gasteiger partial charge in [-0.25, -0.2) is 0 Å². The fraction of sp³-hybridized carbons (Fsp3) is 0.727. The van der Waals surface area contributed by atoms with E-state index < -0.39 is 0 Å². The topological polar surface area (TPSA) is 29.9 Å². The van der Waals surface area contributed by atoms with E-state index in [1.165, 1.54) is 35.6 Å². The zero-order valence-corrected chi connectivity index (χ0v) is 9.72. The summed E-state index contributed by atoms with van der Waals surface area (Å²) in [6.07, 6.45) is 5.81. The molecule has 0 unspecified atom stereocenters. The molecule has 15 heavy (non-hydrogen) atoms. The van der Waals surface area contributed by atoms with Crippen LogP contribution in [-0.2, 0) is 13.0 Å². The van der Waals surface area contributed by atoms with E-state index in [9.17, 15) is 0 Å². The van der Waals surface area contributed by atoms with Crippen LogP contribution in [0, 0.1) is 0 Å². The van der Waals surface area contributed by atoms with E-state index in [0.29, 0.717) is 6.04 Å². The van der Waals surface area contributed by atoms with Gasteiger partial charge >= 0.3 is 0 Å². The van der Waals surface area contributed by atoms with Crippen LogP contribution < -0.4 is 5.32 Å². The Morgan fingerprint density at radius 1 is 1.40 bits per heavy atom. The molecule has 1 N–H and O–H groups in total. The second-order valence-electron chi connectivity index (χ2n) is 4.33. The van der Waals surface area contributed by atoms with Gasteiger partial charge in [-0.2, -0.15) is 16.9 Å². The fourth-order valence-corrected chi connectivity index (χ4v) is 3.60. The van der Waals surface area contributed by atoms with Gasteiger partial charge in [0, 0.05) is 30.8 Å². The van der Waals surface area contributed by atoms with Crippen LogP contribution in [0.5, 0.6) is 0 Å². The van der Waals surface area contributed by atoms with Gasteiger partial charge in [-0.3, -0.25) is 4.68 Å². The average molecular weight is 223 g/mol. The van der Waals surface area contributed by atoms with E-state index in [1.54, 1.807) is 0 Å². The predicted octanol–water partition coefficient (Wildman–Crippen LogP) is 1.60. The second-order valence-corrected chi connectivity index (χ2v) is 5.56. The third kappa shape index (κ3) is 1.81. The van der Waals surface area contributed by atoms with E-state index in [2.05, 4.69) is 33.1 Å². The van der Waals surface area contributed by atoms with E-state index >= 15 is 0 Å². The maximum Gasteiger partial charge on any atom is 0.0538 e. The molecule has 0 aromatic carbocycles. The first-order valence-corrected chi connectivity index (χ1v) is 6.94. The number of rotatable bonds is 1. The summed E-state index contributed by atoms with van der Waals surface area (Å²) in [7, 11) is 0. The van der Waals surface area contributed by atoms with Crippen molar-refractivity contribution in [3.05, 3.63) is 17.5 Å². The van der Waals surface area contributed by atoms with Crippen molar-refractivity contribution >= 4 is 11.8 Å². The molecule has 4 heteroatoms.